The van der Waals surface area contributed by atoms with E-state index in [4.69, 9.17) is 18.9 Å². The number of ketones is 1. The fourth-order valence-electron chi connectivity index (χ4n) is 8.03. The van der Waals surface area contributed by atoms with Crippen LogP contribution in [0.5, 0.6) is 17.2 Å². The summed E-state index contributed by atoms with van der Waals surface area (Å²) in [6.07, 6.45) is 6.89. The number of Topliss-reactive ketones (excluding diaryl/α,β-unsaturated/α-hetero) is 1. The first-order valence-corrected chi connectivity index (χ1v) is 19.0. The molecule has 2 aromatic rings. The Morgan fingerprint density at radius 2 is 1.62 bits per heavy atom. The number of benzene rings is 2. The number of nitrogens with one attached hydrogen (secondary N) is 1. The number of aromatic hydroxyl groups is 2. The highest BCUT2D eigenvalue weighted by Crippen LogP contribution is 2.54. The molecule has 0 saturated carbocycles. The number of nitrogens with zero attached hydrogens (tertiary/aromatic N) is 1. The number of allylic oxidation sites excluding steroid dienone is 2. The van der Waals surface area contributed by atoms with Crippen molar-refractivity contribution in [3.8, 4) is 17.2 Å². The average Bonchev–Trinajstić information content (AvgIpc) is 3.42. The fraction of sp³-hybridized carbons (Fsp3) is 0.548. The van der Waals surface area contributed by atoms with Gasteiger partial charge in [0.25, 0.3) is 11.7 Å². The molecule has 0 aromatic heterocycles. The van der Waals surface area contributed by atoms with Crippen LogP contribution in [0.1, 0.15) is 83.7 Å². The van der Waals surface area contributed by atoms with E-state index in [-0.39, 0.29) is 44.7 Å². The van der Waals surface area contributed by atoms with E-state index < -0.39 is 77.3 Å². The van der Waals surface area contributed by atoms with Crippen molar-refractivity contribution in [1.29, 1.82) is 0 Å². The third-order valence-electron chi connectivity index (χ3n) is 11.5. The number of carbonyl (C=O) groups is 3. The summed E-state index contributed by atoms with van der Waals surface area (Å²) in [6, 6.07) is 1.62. The predicted molar refractivity (Wildman–Crippen MR) is 208 cm³/mol. The molecule has 4 heterocycles. The summed E-state index contributed by atoms with van der Waals surface area (Å²) >= 11 is 0. The molecule has 4 aliphatic rings. The van der Waals surface area contributed by atoms with Crippen molar-refractivity contribution in [2.45, 2.75) is 105 Å². The number of rotatable bonds is 3. The summed E-state index contributed by atoms with van der Waals surface area (Å²) in [6.45, 7) is 14.3. The number of hydrogen-bond acceptors (Lipinski definition) is 12. The maximum Gasteiger partial charge on any atom is 0.312 e. The number of piperidine rings is 1. The van der Waals surface area contributed by atoms with Gasteiger partial charge >= 0.3 is 11.8 Å². The van der Waals surface area contributed by atoms with Gasteiger partial charge in [0.15, 0.2) is 5.75 Å². The molecule has 1 amide bonds. The second-order valence-electron chi connectivity index (χ2n) is 15.5. The smallest absolute Gasteiger partial charge is 0.312 e. The number of aliphatic hydroxyl groups is 2. The molecule has 0 aliphatic carbocycles. The first kappa shape index (κ1) is 41.6. The summed E-state index contributed by atoms with van der Waals surface area (Å²) in [5.74, 6) is -6.42. The highest BCUT2D eigenvalue weighted by molar-refractivity contribution is 6.23. The van der Waals surface area contributed by atoms with E-state index in [1.165, 1.54) is 27.2 Å². The Morgan fingerprint density at radius 3 is 2.25 bits per heavy atom. The minimum Gasteiger partial charge on any atom is -0.507 e. The standard InChI is InChI=1S/C42H56N2O11/c1-21-14-13-15-22(2)41(51)43-28-20-29(44-17-11-10-12-18-44)31-32(37(28)49)36(48)26(6)39-33(31)40(50)42(8,55-39)53-19-16-30(52-9)23(3)38(54-27(7)45)25(5)35(47)24(4)34(21)46/h13-16,19-21,23-25,30,34-35,38,46-49H,10-12,17-18H2,1-9H3,(H,43,51). The zero-order valence-corrected chi connectivity index (χ0v) is 33.2. The predicted octanol–water partition coefficient (Wildman–Crippen LogP) is 6.04. The Bertz CT molecular complexity index is 1900. The lowest BCUT2D eigenvalue weighted by Gasteiger charge is -2.38. The number of phenols is 2. The molecule has 13 heteroatoms. The van der Waals surface area contributed by atoms with Gasteiger partial charge in [-0.1, -0.05) is 45.9 Å². The minimum atomic E-state index is -1.89. The first-order valence-electron chi connectivity index (χ1n) is 19.0. The van der Waals surface area contributed by atoms with Gasteiger partial charge in [0, 0.05) is 79.9 Å². The molecular formula is C42H56N2O11. The van der Waals surface area contributed by atoms with Crippen molar-refractivity contribution in [2.24, 2.45) is 23.7 Å². The number of esters is 1. The van der Waals surface area contributed by atoms with Gasteiger partial charge in [0.2, 0.25) is 0 Å². The van der Waals surface area contributed by atoms with E-state index in [1.54, 1.807) is 71.9 Å². The van der Waals surface area contributed by atoms with Gasteiger partial charge in [-0.15, -0.1) is 0 Å². The molecule has 13 nitrogen and oxygen atoms in total. The van der Waals surface area contributed by atoms with Crippen LogP contribution in [0.25, 0.3) is 10.8 Å². The monoisotopic (exact) mass is 764 g/mol. The van der Waals surface area contributed by atoms with Gasteiger partial charge in [0.05, 0.1) is 41.2 Å². The molecule has 9 atom stereocenters. The van der Waals surface area contributed by atoms with Crippen LogP contribution in [-0.2, 0) is 23.8 Å². The van der Waals surface area contributed by atoms with E-state index in [0.717, 1.165) is 19.3 Å². The van der Waals surface area contributed by atoms with E-state index in [2.05, 4.69) is 10.2 Å². The van der Waals surface area contributed by atoms with Gasteiger partial charge < -0.3 is 49.6 Å². The van der Waals surface area contributed by atoms with Crippen LogP contribution >= 0.6 is 0 Å². The van der Waals surface area contributed by atoms with Crippen molar-refractivity contribution in [3.63, 3.8) is 0 Å². The first-order chi connectivity index (χ1) is 25.9. The van der Waals surface area contributed by atoms with Crippen LogP contribution in [0.15, 0.2) is 42.2 Å². The molecule has 300 valence electrons. The summed E-state index contributed by atoms with van der Waals surface area (Å²) < 4.78 is 23.8. The Hall–Kier alpha value is -4.59. The highest BCUT2D eigenvalue weighted by Gasteiger charge is 2.49. The number of phenolic OH excluding ortho intramolecular Hbond substituents is 2. The highest BCUT2D eigenvalue weighted by atomic mass is 16.7. The van der Waals surface area contributed by atoms with Crippen LogP contribution in [0.4, 0.5) is 11.4 Å². The third-order valence-corrected chi connectivity index (χ3v) is 11.5. The minimum absolute atomic E-state index is 0.000347. The van der Waals surface area contributed by atoms with E-state index in [0.29, 0.717) is 18.8 Å². The largest absolute Gasteiger partial charge is 0.507 e. The molecule has 1 fully saturated rings. The second kappa shape index (κ2) is 16.6. The molecule has 0 radical (unpaired) electrons. The maximum absolute atomic E-state index is 14.5. The van der Waals surface area contributed by atoms with Crippen molar-refractivity contribution in [3.05, 3.63) is 53.3 Å². The number of anilines is 2. The molecule has 5 N–H and O–H groups in total. The maximum atomic E-state index is 14.5. The molecule has 5 bridgehead atoms. The lowest BCUT2D eigenvalue weighted by atomic mass is 9.78. The topological polar surface area (TPSA) is 184 Å². The van der Waals surface area contributed by atoms with E-state index in [9.17, 15) is 34.8 Å². The van der Waals surface area contributed by atoms with Crippen molar-refractivity contribution < 1.29 is 53.8 Å². The zero-order valence-electron chi connectivity index (χ0n) is 33.2. The fourth-order valence-corrected chi connectivity index (χ4v) is 8.03. The normalized spacial score (nSPS) is 30.9. The molecular weight excluding hydrogens is 708 g/mol. The van der Waals surface area contributed by atoms with Crippen LogP contribution in [0.3, 0.4) is 0 Å². The SMILES string of the molecule is COC1C=COC2(C)Oc3c(C)c(O)c4c(O)c(cc(N5CCCCC5)c4c3C2=O)NC(=O)C(C)=CC=CC(C)C(O)C(C)C(O)C(C)C(OC(C)=O)C1C. The number of carbonyl (C=O) groups excluding carboxylic acids is 3. The summed E-state index contributed by atoms with van der Waals surface area (Å²) in [7, 11) is 1.47. The molecule has 55 heavy (non-hydrogen) atoms. The van der Waals surface area contributed by atoms with Crippen LogP contribution in [-0.4, -0.2) is 88.5 Å². The van der Waals surface area contributed by atoms with Gasteiger partial charge in [-0.05, 0) is 45.3 Å². The van der Waals surface area contributed by atoms with Gasteiger partial charge in [-0.2, -0.15) is 0 Å². The number of aliphatic hydroxyl groups excluding tert-OH is 2. The van der Waals surface area contributed by atoms with Crippen molar-refractivity contribution in [1.82, 2.24) is 0 Å². The summed E-state index contributed by atoms with van der Waals surface area (Å²) in [4.78, 5) is 42.4. The molecule has 1 saturated heterocycles. The summed E-state index contributed by atoms with van der Waals surface area (Å²) in [5.41, 5.74) is 1.22. The number of ether oxygens (including phenoxy) is 4. The Kier molecular flexibility index (Phi) is 12.6. The third kappa shape index (κ3) is 8.06. The lowest BCUT2D eigenvalue weighted by molar-refractivity contribution is -0.160. The second-order valence-corrected chi connectivity index (χ2v) is 15.5. The molecule has 9 unspecified atom stereocenters. The van der Waals surface area contributed by atoms with E-state index >= 15 is 0 Å². The Morgan fingerprint density at radius 1 is 0.945 bits per heavy atom. The van der Waals surface area contributed by atoms with Gasteiger partial charge in [-0.25, -0.2) is 0 Å². The number of amides is 1. The van der Waals surface area contributed by atoms with Gasteiger partial charge in [0.1, 0.15) is 17.6 Å². The number of methoxy groups -OCH3 is 1. The Labute approximate surface area is 322 Å². The summed E-state index contributed by atoms with van der Waals surface area (Å²) in [5, 5.41) is 49.2. The quantitative estimate of drug-likeness (QED) is 0.181. The van der Waals surface area contributed by atoms with Crippen LogP contribution in [0, 0.1) is 30.6 Å². The average molecular weight is 765 g/mol. The van der Waals surface area contributed by atoms with Gasteiger partial charge in [-0.3, -0.25) is 14.4 Å². The lowest BCUT2D eigenvalue weighted by Crippen LogP contribution is -2.46. The number of hydrogen-bond donors (Lipinski definition) is 5. The van der Waals surface area contributed by atoms with Crippen molar-refractivity contribution >= 4 is 39.8 Å². The Balaban J connectivity index is 1.69. The molecule has 2 aromatic carbocycles. The molecule has 4 aliphatic heterocycles. The van der Waals surface area contributed by atoms with E-state index in [1.807, 2.05) is 0 Å². The van der Waals surface area contributed by atoms with Crippen LogP contribution in [0.2, 0.25) is 0 Å². The molecule has 0 spiro atoms. The van der Waals surface area contributed by atoms with Crippen molar-refractivity contribution in [2.75, 3.05) is 30.4 Å². The zero-order chi connectivity index (χ0) is 40.5. The number of fused-ring (bicyclic) bond motifs is 14. The molecule has 6 rings (SSSR count). The van der Waals surface area contributed by atoms with Crippen LogP contribution < -0.4 is 15.0 Å².